The van der Waals surface area contributed by atoms with Crippen molar-refractivity contribution in [2.45, 2.75) is 0 Å². The van der Waals surface area contributed by atoms with Crippen LogP contribution in [-0.2, 0) is 0 Å². The number of hydrogen-bond donors (Lipinski definition) is 2. The Hall–Kier alpha value is -2.92. The fraction of sp³-hybridized carbons (Fsp3) is 0. The third kappa shape index (κ3) is 2.17. The van der Waals surface area contributed by atoms with Crippen LogP contribution in [0, 0.1) is 11.3 Å². The number of aromatic nitrogens is 3. The summed E-state index contributed by atoms with van der Waals surface area (Å²) >= 11 is 3.40. The summed E-state index contributed by atoms with van der Waals surface area (Å²) in [6.07, 6.45) is 0. The second kappa shape index (κ2) is 5.46. The lowest BCUT2D eigenvalue weighted by molar-refractivity contribution is 0.256. The Labute approximate surface area is 133 Å². The summed E-state index contributed by atoms with van der Waals surface area (Å²) < 4.78 is 0.707. The van der Waals surface area contributed by atoms with Crippen LogP contribution in [0.5, 0.6) is 0 Å². The minimum absolute atomic E-state index is 0.365. The molecule has 3 N–H and O–H groups in total. The van der Waals surface area contributed by atoms with Crippen molar-refractivity contribution in [1.29, 1.82) is 5.26 Å². The average molecular weight is 357 g/mol. The second-order valence-electron chi connectivity index (χ2n) is 4.40. The van der Waals surface area contributed by atoms with Gasteiger partial charge in [-0.2, -0.15) is 5.26 Å². The molecule has 1 aromatic heterocycles. The van der Waals surface area contributed by atoms with E-state index in [1.165, 1.54) is 4.90 Å². The predicted molar refractivity (Wildman–Crippen MR) is 84.5 cm³/mol. The molecule has 0 radical (unpaired) electrons. The van der Waals surface area contributed by atoms with Crippen molar-refractivity contribution in [2.75, 3.05) is 4.90 Å². The summed E-state index contributed by atoms with van der Waals surface area (Å²) in [7, 11) is 0. The summed E-state index contributed by atoms with van der Waals surface area (Å²) in [6, 6.07) is 11.8. The highest BCUT2D eigenvalue weighted by atomic mass is 79.9. The van der Waals surface area contributed by atoms with Gasteiger partial charge in [-0.1, -0.05) is 17.3 Å². The molecule has 3 aromatic rings. The molecule has 0 saturated heterocycles. The number of nitrogens with two attached hydrogens (primary N) is 1. The first kappa shape index (κ1) is 14.0. The molecule has 22 heavy (non-hydrogen) atoms. The topological polar surface area (TPSA) is 112 Å². The fourth-order valence-electron chi connectivity index (χ4n) is 2.20. The zero-order chi connectivity index (χ0) is 15.7. The summed E-state index contributed by atoms with van der Waals surface area (Å²) in [5, 5.41) is 19.4. The number of carbonyl (C=O) groups excluding carboxylic acids is 1. The monoisotopic (exact) mass is 356 g/mol. The number of amides is 2. The summed E-state index contributed by atoms with van der Waals surface area (Å²) in [6.45, 7) is 0. The van der Waals surface area contributed by atoms with Crippen LogP contribution >= 0.6 is 15.9 Å². The Kier molecular flexibility index (Phi) is 3.48. The number of rotatable bonds is 2. The van der Waals surface area contributed by atoms with E-state index >= 15 is 0 Å². The number of urea groups is 1. The van der Waals surface area contributed by atoms with Gasteiger partial charge in [0.1, 0.15) is 17.1 Å². The number of para-hydroxylation sites is 1. The molecule has 2 amide bonds. The molecule has 0 saturated carbocycles. The maximum atomic E-state index is 12.0. The van der Waals surface area contributed by atoms with Crippen molar-refractivity contribution < 1.29 is 4.79 Å². The molecule has 0 bridgehead atoms. The molecular weight excluding hydrogens is 348 g/mol. The zero-order valence-electron chi connectivity index (χ0n) is 11.1. The Balaban J connectivity index is 2.28. The number of fused-ring (bicyclic) bond motifs is 1. The summed E-state index contributed by atoms with van der Waals surface area (Å²) in [4.78, 5) is 13.3. The number of primary amides is 1. The number of halogens is 1. The van der Waals surface area contributed by atoms with Gasteiger partial charge in [-0.3, -0.25) is 10.00 Å². The van der Waals surface area contributed by atoms with Crippen molar-refractivity contribution in [1.82, 2.24) is 15.4 Å². The van der Waals surface area contributed by atoms with Crippen LogP contribution in [-0.4, -0.2) is 21.4 Å². The zero-order valence-corrected chi connectivity index (χ0v) is 12.7. The smallest absolute Gasteiger partial charge is 0.323 e. The first-order valence-electron chi connectivity index (χ1n) is 6.21. The highest BCUT2D eigenvalue weighted by molar-refractivity contribution is 9.10. The van der Waals surface area contributed by atoms with E-state index in [0.29, 0.717) is 32.4 Å². The van der Waals surface area contributed by atoms with Crippen molar-refractivity contribution in [2.24, 2.45) is 5.73 Å². The molecule has 8 heteroatoms. The van der Waals surface area contributed by atoms with Gasteiger partial charge >= 0.3 is 6.03 Å². The van der Waals surface area contributed by atoms with E-state index in [0.717, 1.165) is 0 Å². The lowest BCUT2D eigenvalue weighted by Gasteiger charge is -2.22. The van der Waals surface area contributed by atoms with E-state index in [2.05, 4.69) is 31.3 Å². The molecule has 0 atom stereocenters. The summed E-state index contributed by atoms with van der Waals surface area (Å²) in [5.41, 5.74) is 7.81. The van der Waals surface area contributed by atoms with Gasteiger partial charge in [-0.15, -0.1) is 5.10 Å². The third-order valence-electron chi connectivity index (χ3n) is 3.14. The predicted octanol–water partition coefficient (Wildman–Crippen LogP) is 2.81. The minimum Gasteiger partial charge on any atom is -0.351 e. The number of nitrogens with one attached hydrogen (secondary N) is 1. The van der Waals surface area contributed by atoms with Crippen molar-refractivity contribution >= 4 is 44.4 Å². The number of nitriles is 1. The lowest BCUT2D eigenvalue weighted by atomic mass is 10.1. The molecule has 3 rings (SSSR count). The number of nitrogens with zero attached hydrogens (tertiary/aromatic N) is 4. The number of anilines is 2. The highest BCUT2D eigenvalue weighted by Crippen LogP contribution is 2.35. The third-order valence-corrected chi connectivity index (χ3v) is 3.81. The molecular formula is C14H9BrN6O. The van der Waals surface area contributed by atoms with Crippen molar-refractivity contribution in [3.8, 4) is 6.07 Å². The molecule has 108 valence electrons. The largest absolute Gasteiger partial charge is 0.351 e. The van der Waals surface area contributed by atoms with Gasteiger partial charge in [0, 0.05) is 4.47 Å². The first-order valence-corrected chi connectivity index (χ1v) is 7.00. The molecule has 0 aliphatic rings. The Morgan fingerprint density at radius 3 is 2.73 bits per heavy atom. The number of aromatic amines is 1. The van der Waals surface area contributed by atoms with Crippen molar-refractivity contribution in [3.63, 3.8) is 0 Å². The van der Waals surface area contributed by atoms with E-state index in [-0.39, 0.29) is 0 Å². The Bertz CT molecular complexity index is 913. The van der Waals surface area contributed by atoms with Crippen LogP contribution in [0.3, 0.4) is 0 Å². The maximum Gasteiger partial charge on any atom is 0.323 e. The SMILES string of the molecule is N#Cc1ccc(N(C(N)=O)c2ccccc2Br)c2[nH]nnc12. The number of benzene rings is 2. The molecule has 1 heterocycles. The van der Waals surface area contributed by atoms with Crippen LogP contribution in [0.2, 0.25) is 0 Å². The standard InChI is InChI=1S/C14H9BrN6O/c15-9-3-1-2-4-10(9)21(14(17)22)11-6-5-8(7-16)12-13(11)19-20-18-12/h1-6H,(H2,17,22)(H,18,19,20). The number of hydrogen-bond acceptors (Lipinski definition) is 4. The Morgan fingerprint density at radius 2 is 2.05 bits per heavy atom. The molecule has 7 nitrogen and oxygen atoms in total. The van der Waals surface area contributed by atoms with Crippen molar-refractivity contribution in [3.05, 3.63) is 46.4 Å². The van der Waals surface area contributed by atoms with Gasteiger partial charge in [0.25, 0.3) is 0 Å². The van der Waals surface area contributed by atoms with E-state index in [9.17, 15) is 4.79 Å². The highest BCUT2D eigenvalue weighted by Gasteiger charge is 2.22. The van der Waals surface area contributed by atoms with E-state index in [1.807, 2.05) is 12.1 Å². The van der Waals surface area contributed by atoms with Gasteiger partial charge < -0.3 is 5.73 Å². The fourth-order valence-corrected chi connectivity index (χ4v) is 2.66. The van der Waals surface area contributed by atoms with Crippen LogP contribution in [0.25, 0.3) is 11.0 Å². The van der Waals surface area contributed by atoms with Crippen LogP contribution in [0.4, 0.5) is 16.2 Å². The molecule has 2 aromatic carbocycles. The minimum atomic E-state index is -0.660. The second-order valence-corrected chi connectivity index (χ2v) is 5.26. The quantitative estimate of drug-likeness (QED) is 0.734. The van der Waals surface area contributed by atoms with Gasteiger partial charge in [-0.05, 0) is 40.2 Å². The van der Waals surface area contributed by atoms with Gasteiger partial charge in [0.2, 0.25) is 0 Å². The summed E-state index contributed by atoms with van der Waals surface area (Å²) in [5.74, 6) is 0. The van der Waals surface area contributed by atoms with Gasteiger partial charge in [-0.25, -0.2) is 4.79 Å². The van der Waals surface area contributed by atoms with Crippen LogP contribution in [0.1, 0.15) is 5.56 Å². The lowest BCUT2D eigenvalue weighted by Crippen LogP contribution is -2.31. The molecule has 0 aliphatic heterocycles. The number of carbonyl (C=O) groups is 1. The molecule has 0 fully saturated rings. The van der Waals surface area contributed by atoms with E-state index < -0.39 is 6.03 Å². The first-order chi connectivity index (χ1) is 10.6. The average Bonchev–Trinajstić information content (AvgIpc) is 2.99. The number of H-pyrrole nitrogens is 1. The van der Waals surface area contributed by atoms with Gasteiger partial charge in [0.05, 0.1) is 16.9 Å². The Morgan fingerprint density at radius 1 is 1.27 bits per heavy atom. The normalized spacial score (nSPS) is 10.4. The van der Waals surface area contributed by atoms with E-state index in [1.54, 1.807) is 30.3 Å². The van der Waals surface area contributed by atoms with Crippen LogP contribution in [0.15, 0.2) is 40.9 Å². The molecule has 0 unspecified atom stereocenters. The molecule has 0 spiro atoms. The molecule has 0 aliphatic carbocycles. The van der Waals surface area contributed by atoms with Crippen LogP contribution < -0.4 is 10.6 Å². The maximum absolute atomic E-state index is 12.0. The van der Waals surface area contributed by atoms with E-state index in [4.69, 9.17) is 11.0 Å². The van der Waals surface area contributed by atoms with Gasteiger partial charge in [0.15, 0.2) is 0 Å².